The van der Waals surface area contributed by atoms with Crippen LogP contribution in [0.1, 0.15) is 322 Å². The molecule has 388 valence electrons. The number of allylic oxidation sites excluding steroid dienone is 6. The molecule has 1 atom stereocenters. The van der Waals surface area contributed by atoms with E-state index in [-0.39, 0.29) is 25.2 Å². The Bertz CT molecular complexity index is 1050. The number of hydrogen-bond acceptors (Lipinski definition) is 5. The zero-order chi connectivity index (χ0) is 47.7. The Balaban J connectivity index is 3.43. The molecule has 0 aromatic carbocycles. The highest BCUT2D eigenvalue weighted by atomic mass is 16.6. The van der Waals surface area contributed by atoms with Crippen molar-refractivity contribution in [1.29, 1.82) is 0 Å². The molecule has 0 aromatic rings. The average molecular weight is 928 g/mol. The van der Waals surface area contributed by atoms with Gasteiger partial charge in [0.1, 0.15) is 6.61 Å². The lowest BCUT2D eigenvalue weighted by Gasteiger charge is -2.15. The molecular formula is C61H114O5. The molecule has 0 heterocycles. The highest BCUT2D eigenvalue weighted by molar-refractivity contribution is 5.70. The van der Waals surface area contributed by atoms with Crippen molar-refractivity contribution < 1.29 is 24.2 Å². The summed E-state index contributed by atoms with van der Waals surface area (Å²) in [5.74, 6) is -0.574. The molecule has 0 amide bonds. The van der Waals surface area contributed by atoms with Crippen molar-refractivity contribution in [3.8, 4) is 0 Å². The highest BCUT2D eigenvalue weighted by Crippen LogP contribution is 2.17. The molecule has 0 rings (SSSR count). The molecule has 0 bridgehead atoms. The van der Waals surface area contributed by atoms with Crippen molar-refractivity contribution in [1.82, 2.24) is 0 Å². The van der Waals surface area contributed by atoms with E-state index in [4.69, 9.17) is 9.47 Å². The number of carbonyl (C=O) groups is 2. The van der Waals surface area contributed by atoms with Crippen molar-refractivity contribution >= 4 is 11.9 Å². The minimum Gasteiger partial charge on any atom is -0.462 e. The molecule has 1 N–H and O–H groups in total. The first-order chi connectivity index (χ1) is 32.6. The monoisotopic (exact) mass is 927 g/mol. The zero-order valence-corrected chi connectivity index (χ0v) is 44.5. The molecule has 5 heteroatoms. The second-order valence-electron chi connectivity index (χ2n) is 20.1. The molecule has 5 nitrogen and oxygen atoms in total. The van der Waals surface area contributed by atoms with Crippen molar-refractivity contribution in [2.75, 3.05) is 13.2 Å². The van der Waals surface area contributed by atoms with Crippen LogP contribution < -0.4 is 0 Å². The van der Waals surface area contributed by atoms with Gasteiger partial charge in [-0.1, -0.05) is 275 Å². The van der Waals surface area contributed by atoms with E-state index in [0.717, 1.165) is 44.9 Å². The van der Waals surface area contributed by atoms with E-state index in [9.17, 15) is 14.7 Å². The fourth-order valence-corrected chi connectivity index (χ4v) is 8.94. The van der Waals surface area contributed by atoms with Gasteiger partial charge in [0, 0.05) is 12.8 Å². The van der Waals surface area contributed by atoms with Crippen LogP contribution in [-0.2, 0) is 19.1 Å². The Morgan fingerprint density at radius 3 is 0.909 bits per heavy atom. The van der Waals surface area contributed by atoms with Crippen LogP contribution in [0.5, 0.6) is 0 Å². The van der Waals surface area contributed by atoms with Crippen LogP contribution in [0.3, 0.4) is 0 Å². The first kappa shape index (κ1) is 64.1. The maximum atomic E-state index is 12.3. The van der Waals surface area contributed by atoms with Gasteiger partial charge in [-0.25, -0.2) is 0 Å². The standard InChI is InChI=1S/C61H114O5/c1-3-5-7-9-11-13-15-17-19-21-23-25-27-28-29-30-31-32-34-36-38-40-42-44-46-48-50-52-54-56-61(64)66-59(57-62)58-65-60(63)55-53-51-49-47-45-43-41-39-37-35-33-26-24-22-20-18-16-14-12-10-8-6-4-2/h15,17,21-24,59,62H,3-14,16,18-20,25-58H2,1-2H3/b17-15-,23-21-,24-22-. The third-order valence-electron chi connectivity index (χ3n) is 13.4. The molecule has 1 unspecified atom stereocenters. The van der Waals surface area contributed by atoms with Gasteiger partial charge < -0.3 is 14.6 Å². The summed E-state index contributed by atoms with van der Waals surface area (Å²) in [6, 6.07) is 0. The van der Waals surface area contributed by atoms with Gasteiger partial charge in [-0.3, -0.25) is 9.59 Å². The van der Waals surface area contributed by atoms with E-state index in [1.807, 2.05) is 0 Å². The smallest absolute Gasteiger partial charge is 0.306 e. The van der Waals surface area contributed by atoms with Gasteiger partial charge in [0.05, 0.1) is 6.61 Å². The lowest BCUT2D eigenvalue weighted by atomic mass is 10.0. The predicted molar refractivity (Wildman–Crippen MR) is 288 cm³/mol. The highest BCUT2D eigenvalue weighted by Gasteiger charge is 2.16. The third-order valence-corrected chi connectivity index (χ3v) is 13.4. The van der Waals surface area contributed by atoms with Crippen LogP contribution in [0.15, 0.2) is 36.5 Å². The van der Waals surface area contributed by atoms with Gasteiger partial charge in [-0.15, -0.1) is 0 Å². The summed E-state index contributed by atoms with van der Waals surface area (Å²) < 4.78 is 10.7. The molecule has 0 fully saturated rings. The maximum Gasteiger partial charge on any atom is 0.306 e. The number of carbonyl (C=O) groups excluding carboxylic acids is 2. The number of rotatable bonds is 55. The summed E-state index contributed by atoms with van der Waals surface area (Å²) in [4.78, 5) is 24.5. The molecule has 0 saturated carbocycles. The third kappa shape index (κ3) is 54.7. The van der Waals surface area contributed by atoms with Gasteiger partial charge in [-0.05, 0) is 70.6 Å². The maximum absolute atomic E-state index is 12.3. The Labute approximate surface area is 412 Å². The fourth-order valence-electron chi connectivity index (χ4n) is 8.94. The Morgan fingerprint density at radius 2 is 0.606 bits per heavy atom. The van der Waals surface area contributed by atoms with E-state index in [1.54, 1.807) is 0 Å². The number of ether oxygens (including phenoxy) is 2. The van der Waals surface area contributed by atoms with Gasteiger partial charge in [0.15, 0.2) is 6.10 Å². The molecule has 0 radical (unpaired) electrons. The van der Waals surface area contributed by atoms with E-state index >= 15 is 0 Å². The van der Waals surface area contributed by atoms with Crippen LogP contribution in [0, 0.1) is 0 Å². The SMILES string of the molecule is CCCCCCC/C=C\C/C=C\CCCCCCCCCCCCCCCCCCCC(=O)OC(CO)COC(=O)CCCCCCCCCCCCC/C=C\CCCCCCCCCC. The first-order valence-electron chi connectivity index (χ1n) is 29.5. The van der Waals surface area contributed by atoms with Crippen LogP contribution in [0.25, 0.3) is 0 Å². The van der Waals surface area contributed by atoms with Crippen molar-refractivity contribution in [2.24, 2.45) is 0 Å². The predicted octanol–water partition coefficient (Wildman–Crippen LogP) is 19.9. The second kappa shape index (κ2) is 57.4. The summed E-state index contributed by atoms with van der Waals surface area (Å²) in [7, 11) is 0. The Kier molecular flexibility index (Phi) is 55.8. The second-order valence-corrected chi connectivity index (χ2v) is 20.1. The molecule has 0 aliphatic carbocycles. The fraction of sp³-hybridized carbons (Fsp3) is 0.869. The molecule has 0 aromatic heterocycles. The summed E-state index contributed by atoms with van der Waals surface area (Å²) in [5.41, 5.74) is 0. The number of unbranched alkanes of at least 4 members (excludes halogenated alkanes) is 41. The van der Waals surface area contributed by atoms with Crippen molar-refractivity contribution in [3.05, 3.63) is 36.5 Å². The van der Waals surface area contributed by atoms with E-state index in [2.05, 4.69) is 50.3 Å². The van der Waals surface area contributed by atoms with Crippen LogP contribution in [0.2, 0.25) is 0 Å². The van der Waals surface area contributed by atoms with E-state index < -0.39 is 6.10 Å². The number of aliphatic hydroxyl groups is 1. The van der Waals surface area contributed by atoms with Gasteiger partial charge in [0.25, 0.3) is 0 Å². The van der Waals surface area contributed by atoms with Gasteiger partial charge in [-0.2, -0.15) is 0 Å². The molecular weight excluding hydrogens is 813 g/mol. The quantitative estimate of drug-likeness (QED) is 0.0374. The molecule has 0 saturated heterocycles. The van der Waals surface area contributed by atoms with Crippen molar-refractivity contribution in [3.63, 3.8) is 0 Å². The Hall–Kier alpha value is -1.88. The summed E-state index contributed by atoms with van der Waals surface area (Å²) >= 11 is 0. The minimum absolute atomic E-state index is 0.0618. The number of aliphatic hydroxyl groups excluding tert-OH is 1. The average Bonchev–Trinajstić information content (AvgIpc) is 3.32. The largest absolute Gasteiger partial charge is 0.462 e. The van der Waals surface area contributed by atoms with Crippen LogP contribution in [-0.4, -0.2) is 36.4 Å². The van der Waals surface area contributed by atoms with E-state index in [1.165, 1.54) is 250 Å². The van der Waals surface area contributed by atoms with Crippen LogP contribution >= 0.6 is 0 Å². The summed E-state index contributed by atoms with van der Waals surface area (Å²) in [5, 5.41) is 9.66. The van der Waals surface area contributed by atoms with Gasteiger partial charge in [0.2, 0.25) is 0 Å². The van der Waals surface area contributed by atoms with Gasteiger partial charge >= 0.3 is 11.9 Å². The lowest BCUT2D eigenvalue weighted by Crippen LogP contribution is -2.28. The normalized spacial score (nSPS) is 12.3. The molecule has 66 heavy (non-hydrogen) atoms. The minimum atomic E-state index is -0.771. The topological polar surface area (TPSA) is 72.8 Å². The zero-order valence-electron chi connectivity index (χ0n) is 44.5. The molecule has 0 aliphatic heterocycles. The van der Waals surface area contributed by atoms with E-state index in [0.29, 0.717) is 12.8 Å². The van der Waals surface area contributed by atoms with Crippen molar-refractivity contribution in [2.45, 2.75) is 328 Å². The number of hydrogen-bond donors (Lipinski definition) is 1. The molecule has 0 aliphatic rings. The summed E-state index contributed by atoms with van der Waals surface area (Å²) in [6.07, 6.45) is 74.1. The van der Waals surface area contributed by atoms with Crippen LogP contribution in [0.4, 0.5) is 0 Å². The first-order valence-corrected chi connectivity index (χ1v) is 29.5. The lowest BCUT2D eigenvalue weighted by molar-refractivity contribution is -0.161. The number of esters is 2. The Morgan fingerprint density at radius 1 is 0.348 bits per heavy atom. The summed E-state index contributed by atoms with van der Waals surface area (Å²) in [6.45, 7) is 4.17. The molecule has 0 spiro atoms.